The Morgan fingerprint density at radius 1 is 1.05 bits per heavy atom. The molecule has 110 valence electrons. The van der Waals surface area contributed by atoms with Gasteiger partial charge in [-0.05, 0) is 42.8 Å². The molecule has 2 heterocycles. The van der Waals surface area contributed by atoms with Crippen LogP contribution in [0.4, 0.5) is 17.2 Å². The molecule has 0 aliphatic carbocycles. The lowest BCUT2D eigenvalue weighted by molar-refractivity contribution is 0.174. The van der Waals surface area contributed by atoms with Crippen LogP contribution in [-0.2, 0) is 0 Å². The van der Waals surface area contributed by atoms with Crippen LogP contribution in [-0.4, -0.2) is 11.8 Å². The van der Waals surface area contributed by atoms with Gasteiger partial charge in [0.2, 0.25) is 6.79 Å². The van der Waals surface area contributed by atoms with E-state index in [1.165, 1.54) is 0 Å². The first-order chi connectivity index (χ1) is 10.7. The summed E-state index contributed by atoms with van der Waals surface area (Å²) < 4.78 is 10.7. The lowest BCUT2D eigenvalue weighted by Gasteiger charge is -2.11. The molecule has 0 bridgehead atoms. The van der Waals surface area contributed by atoms with Crippen molar-refractivity contribution in [1.82, 2.24) is 4.98 Å². The highest BCUT2D eigenvalue weighted by Gasteiger charge is 2.14. The molecule has 1 aliphatic heterocycles. The maximum atomic E-state index is 6.10. The maximum Gasteiger partial charge on any atom is 0.231 e. The van der Waals surface area contributed by atoms with Gasteiger partial charge in [-0.2, -0.15) is 0 Å². The van der Waals surface area contributed by atoms with Crippen LogP contribution in [0.1, 0.15) is 5.56 Å². The quantitative estimate of drug-likeness (QED) is 0.706. The van der Waals surface area contributed by atoms with Gasteiger partial charge in [-0.3, -0.25) is 0 Å². The largest absolute Gasteiger partial charge is 0.454 e. The molecule has 2 aromatic carbocycles. The molecule has 0 atom stereocenters. The van der Waals surface area contributed by atoms with Crippen LogP contribution in [0.5, 0.6) is 11.5 Å². The van der Waals surface area contributed by atoms with Gasteiger partial charge in [0, 0.05) is 34.4 Å². The number of fused-ring (bicyclic) bond motifs is 2. The van der Waals surface area contributed by atoms with Crippen molar-refractivity contribution in [3.05, 3.63) is 48.2 Å². The number of nitrogens with one attached hydrogen (secondary N) is 1. The highest BCUT2D eigenvalue weighted by molar-refractivity contribution is 6.00. The van der Waals surface area contributed by atoms with Gasteiger partial charge in [-0.25, -0.2) is 4.98 Å². The second-order valence-corrected chi connectivity index (χ2v) is 5.30. The van der Waals surface area contributed by atoms with Crippen LogP contribution >= 0.6 is 0 Å². The fourth-order valence-electron chi connectivity index (χ4n) is 2.67. The number of ether oxygens (including phenoxy) is 2. The molecule has 0 spiro atoms. The summed E-state index contributed by atoms with van der Waals surface area (Å²) in [6.07, 6.45) is 1.75. The summed E-state index contributed by atoms with van der Waals surface area (Å²) in [6, 6.07) is 11.7. The van der Waals surface area contributed by atoms with Crippen molar-refractivity contribution in [3.63, 3.8) is 0 Å². The number of rotatable bonds is 2. The normalized spacial score (nSPS) is 12.6. The fourth-order valence-corrected chi connectivity index (χ4v) is 2.67. The molecule has 5 heteroatoms. The minimum Gasteiger partial charge on any atom is -0.454 e. The maximum absolute atomic E-state index is 6.10. The van der Waals surface area contributed by atoms with E-state index in [0.29, 0.717) is 0 Å². The van der Waals surface area contributed by atoms with Crippen LogP contribution < -0.4 is 20.5 Å². The molecule has 4 rings (SSSR count). The molecule has 0 saturated heterocycles. The van der Waals surface area contributed by atoms with E-state index in [2.05, 4.69) is 16.4 Å². The molecule has 0 unspecified atom stereocenters. The Kier molecular flexibility index (Phi) is 2.79. The van der Waals surface area contributed by atoms with Crippen LogP contribution in [0.3, 0.4) is 0 Å². The van der Waals surface area contributed by atoms with E-state index < -0.39 is 0 Å². The van der Waals surface area contributed by atoms with Crippen molar-refractivity contribution in [2.75, 3.05) is 17.8 Å². The topological polar surface area (TPSA) is 69.4 Å². The molecule has 22 heavy (non-hydrogen) atoms. The summed E-state index contributed by atoms with van der Waals surface area (Å²) in [4.78, 5) is 4.44. The Bertz CT molecular complexity index is 877. The number of aryl methyl sites for hydroxylation is 1. The van der Waals surface area contributed by atoms with Crippen LogP contribution in [0.15, 0.2) is 42.6 Å². The summed E-state index contributed by atoms with van der Waals surface area (Å²) >= 11 is 0. The molecule has 0 fully saturated rings. The number of nitrogen functional groups attached to an aromatic ring is 1. The smallest absolute Gasteiger partial charge is 0.231 e. The molecule has 5 nitrogen and oxygen atoms in total. The van der Waals surface area contributed by atoms with Crippen LogP contribution in [0.25, 0.3) is 10.8 Å². The van der Waals surface area contributed by atoms with Crippen molar-refractivity contribution in [1.29, 1.82) is 0 Å². The Morgan fingerprint density at radius 3 is 2.82 bits per heavy atom. The second-order valence-electron chi connectivity index (χ2n) is 5.30. The fraction of sp³-hybridized carbons (Fsp3) is 0.118. The molecular formula is C17H15N3O2. The van der Waals surface area contributed by atoms with Crippen LogP contribution in [0, 0.1) is 6.92 Å². The van der Waals surface area contributed by atoms with E-state index in [-0.39, 0.29) is 6.79 Å². The summed E-state index contributed by atoms with van der Waals surface area (Å²) in [6.45, 7) is 2.29. The first-order valence-electron chi connectivity index (χ1n) is 7.02. The number of hydrogen-bond acceptors (Lipinski definition) is 5. The highest BCUT2D eigenvalue weighted by atomic mass is 16.7. The third-order valence-corrected chi connectivity index (χ3v) is 3.69. The third-order valence-electron chi connectivity index (χ3n) is 3.69. The molecule has 1 aliphatic rings. The number of nitrogens with zero attached hydrogens (tertiary/aromatic N) is 1. The second kappa shape index (κ2) is 4.80. The minimum atomic E-state index is 0.265. The highest BCUT2D eigenvalue weighted by Crippen LogP contribution is 2.36. The molecule has 1 aromatic heterocycles. The van der Waals surface area contributed by atoms with Gasteiger partial charge in [-0.15, -0.1) is 0 Å². The van der Waals surface area contributed by atoms with Gasteiger partial charge >= 0.3 is 0 Å². The standard InChI is InChI=1S/C17H15N3O2/c1-10-6-13-12(14(18)7-10)4-5-19-17(13)20-11-2-3-15-16(8-11)22-9-21-15/h2-8H,9,18H2,1H3,(H,19,20). The number of benzene rings is 2. The lowest BCUT2D eigenvalue weighted by Crippen LogP contribution is -1.97. The summed E-state index contributed by atoms with van der Waals surface area (Å²) in [5, 5.41) is 5.32. The van der Waals surface area contributed by atoms with Gasteiger partial charge in [-0.1, -0.05) is 0 Å². The van der Waals surface area contributed by atoms with E-state index in [4.69, 9.17) is 15.2 Å². The molecule has 3 N–H and O–H groups in total. The van der Waals surface area contributed by atoms with Gasteiger partial charge in [0.25, 0.3) is 0 Å². The Balaban J connectivity index is 1.78. The van der Waals surface area contributed by atoms with E-state index in [1.54, 1.807) is 6.20 Å². The predicted molar refractivity (Wildman–Crippen MR) is 86.7 cm³/mol. The first kappa shape index (κ1) is 12.8. The number of pyridine rings is 1. The number of nitrogens with two attached hydrogens (primary N) is 1. The zero-order chi connectivity index (χ0) is 15.1. The number of anilines is 3. The summed E-state index contributed by atoms with van der Waals surface area (Å²) in [7, 11) is 0. The molecule has 3 aromatic rings. The minimum absolute atomic E-state index is 0.265. The summed E-state index contributed by atoms with van der Waals surface area (Å²) in [5.41, 5.74) is 8.85. The van der Waals surface area contributed by atoms with Crippen molar-refractivity contribution < 1.29 is 9.47 Å². The Hall–Kier alpha value is -2.95. The van der Waals surface area contributed by atoms with E-state index >= 15 is 0 Å². The molecular weight excluding hydrogens is 278 g/mol. The van der Waals surface area contributed by atoms with Crippen molar-refractivity contribution in [3.8, 4) is 11.5 Å². The van der Waals surface area contributed by atoms with Gasteiger partial charge in [0.1, 0.15) is 5.82 Å². The lowest BCUT2D eigenvalue weighted by atomic mass is 10.1. The van der Waals surface area contributed by atoms with Crippen molar-refractivity contribution in [2.24, 2.45) is 0 Å². The number of aromatic nitrogens is 1. The zero-order valence-corrected chi connectivity index (χ0v) is 12.1. The average molecular weight is 293 g/mol. The zero-order valence-electron chi connectivity index (χ0n) is 12.1. The first-order valence-corrected chi connectivity index (χ1v) is 7.02. The van der Waals surface area contributed by atoms with E-state index in [1.807, 2.05) is 37.3 Å². The Labute approximate surface area is 127 Å². The van der Waals surface area contributed by atoms with Gasteiger partial charge < -0.3 is 20.5 Å². The average Bonchev–Trinajstić information content (AvgIpc) is 2.95. The summed E-state index contributed by atoms with van der Waals surface area (Å²) in [5.74, 6) is 2.27. The van der Waals surface area contributed by atoms with E-state index in [0.717, 1.165) is 45.0 Å². The number of hydrogen-bond donors (Lipinski definition) is 2. The molecule has 0 radical (unpaired) electrons. The predicted octanol–water partition coefficient (Wildman–Crippen LogP) is 3.60. The van der Waals surface area contributed by atoms with Crippen molar-refractivity contribution in [2.45, 2.75) is 6.92 Å². The van der Waals surface area contributed by atoms with E-state index in [9.17, 15) is 0 Å². The van der Waals surface area contributed by atoms with Crippen LogP contribution in [0.2, 0.25) is 0 Å². The Morgan fingerprint density at radius 2 is 1.91 bits per heavy atom. The van der Waals surface area contributed by atoms with Gasteiger partial charge in [0.05, 0.1) is 0 Å². The monoisotopic (exact) mass is 293 g/mol. The van der Waals surface area contributed by atoms with Crippen molar-refractivity contribution >= 4 is 28.0 Å². The van der Waals surface area contributed by atoms with Gasteiger partial charge in [0.15, 0.2) is 11.5 Å². The molecule has 0 amide bonds. The molecule has 0 saturated carbocycles. The third kappa shape index (κ3) is 2.07. The SMILES string of the molecule is Cc1cc(N)c2ccnc(Nc3ccc4c(c3)OCO4)c2c1.